The minimum atomic E-state index is 0.131. The van der Waals surface area contributed by atoms with Gasteiger partial charge in [-0.25, -0.2) is 0 Å². The fraction of sp³-hybridized carbons (Fsp3) is 0.867. The molecule has 6 nitrogen and oxygen atoms in total. The number of carbonyl (C=O) groups is 2. The summed E-state index contributed by atoms with van der Waals surface area (Å²) in [5.74, 6) is 0.572. The van der Waals surface area contributed by atoms with Gasteiger partial charge in [-0.05, 0) is 25.8 Å². The van der Waals surface area contributed by atoms with E-state index in [1.807, 2.05) is 4.90 Å². The smallest absolute Gasteiger partial charge is 0.236 e. The highest BCUT2D eigenvalue weighted by molar-refractivity contribution is 5.79. The van der Waals surface area contributed by atoms with Gasteiger partial charge < -0.3 is 15.1 Å². The van der Waals surface area contributed by atoms with Gasteiger partial charge in [0.1, 0.15) is 0 Å². The molecular weight excluding hydrogens is 268 g/mol. The van der Waals surface area contributed by atoms with Crippen LogP contribution in [0.1, 0.15) is 19.3 Å². The summed E-state index contributed by atoms with van der Waals surface area (Å²) < 4.78 is 0. The molecule has 0 bridgehead atoms. The second kappa shape index (κ2) is 7.75. The van der Waals surface area contributed by atoms with Crippen molar-refractivity contribution in [2.45, 2.75) is 19.3 Å². The standard InChI is InChI=1S/C15H28N4O2/c1-17(2)14(20)12-18-7-4-8-19(10-9-18)15(21)13-5-3-6-16-11-13/h13,16H,3-12H2,1-2H3/t13-/m1/s1. The average Bonchev–Trinajstić information content (AvgIpc) is 2.73. The Balaban J connectivity index is 1.82. The van der Waals surface area contributed by atoms with Crippen molar-refractivity contribution in [1.82, 2.24) is 20.0 Å². The number of rotatable bonds is 3. The first-order valence-corrected chi connectivity index (χ1v) is 8.00. The van der Waals surface area contributed by atoms with Gasteiger partial charge in [0.05, 0.1) is 12.5 Å². The van der Waals surface area contributed by atoms with E-state index in [2.05, 4.69) is 10.2 Å². The van der Waals surface area contributed by atoms with Crippen LogP contribution in [0.4, 0.5) is 0 Å². The Kier molecular flexibility index (Phi) is 5.99. The maximum Gasteiger partial charge on any atom is 0.236 e. The van der Waals surface area contributed by atoms with Crippen LogP contribution < -0.4 is 5.32 Å². The number of hydrogen-bond acceptors (Lipinski definition) is 4. The van der Waals surface area contributed by atoms with E-state index in [4.69, 9.17) is 0 Å². The van der Waals surface area contributed by atoms with Gasteiger partial charge in [-0.15, -0.1) is 0 Å². The second-order valence-corrected chi connectivity index (χ2v) is 6.29. The predicted molar refractivity (Wildman–Crippen MR) is 81.9 cm³/mol. The van der Waals surface area contributed by atoms with E-state index in [1.54, 1.807) is 19.0 Å². The Morgan fingerprint density at radius 1 is 1.14 bits per heavy atom. The van der Waals surface area contributed by atoms with Crippen LogP contribution in [-0.2, 0) is 9.59 Å². The zero-order chi connectivity index (χ0) is 15.2. The van der Waals surface area contributed by atoms with Crippen molar-refractivity contribution in [3.05, 3.63) is 0 Å². The van der Waals surface area contributed by atoms with Gasteiger partial charge in [0, 0.05) is 46.8 Å². The molecule has 0 aliphatic carbocycles. The lowest BCUT2D eigenvalue weighted by atomic mass is 9.98. The van der Waals surface area contributed by atoms with Gasteiger partial charge in [0.15, 0.2) is 0 Å². The molecule has 2 rings (SSSR count). The Morgan fingerprint density at radius 2 is 1.95 bits per heavy atom. The first kappa shape index (κ1) is 16.2. The molecule has 2 aliphatic heterocycles. The molecule has 2 fully saturated rings. The van der Waals surface area contributed by atoms with Crippen molar-refractivity contribution >= 4 is 11.8 Å². The Bertz CT molecular complexity index is 367. The molecule has 21 heavy (non-hydrogen) atoms. The summed E-state index contributed by atoms with van der Waals surface area (Å²) in [5.41, 5.74) is 0. The van der Waals surface area contributed by atoms with Gasteiger partial charge in [-0.1, -0.05) is 0 Å². The highest BCUT2D eigenvalue weighted by Gasteiger charge is 2.27. The second-order valence-electron chi connectivity index (χ2n) is 6.29. The number of piperidine rings is 1. The highest BCUT2D eigenvalue weighted by Crippen LogP contribution is 2.15. The van der Waals surface area contributed by atoms with Gasteiger partial charge >= 0.3 is 0 Å². The van der Waals surface area contributed by atoms with Gasteiger partial charge in [-0.2, -0.15) is 0 Å². The summed E-state index contributed by atoms with van der Waals surface area (Å²) in [6, 6.07) is 0. The number of hydrogen-bond donors (Lipinski definition) is 1. The van der Waals surface area contributed by atoms with Crippen LogP contribution in [0.5, 0.6) is 0 Å². The zero-order valence-corrected chi connectivity index (χ0v) is 13.3. The summed E-state index contributed by atoms with van der Waals surface area (Å²) in [5, 5.41) is 3.31. The molecule has 2 aliphatic rings. The van der Waals surface area contributed by atoms with Crippen LogP contribution in [0.15, 0.2) is 0 Å². The normalized spacial score (nSPS) is 24.5. The Morgan fingerprint density at radius 3 is 2.62 bits per heavy atom. The summed E-state index contributed by atoms with van der Waals surface area (Å²) >= 11 is 0. The van der Waals surface area contributed by atoms with E-state index in [1.165, 1.54) is 0 Å². The molecular formula is C15H28N4O2. The molecule has 0 aromatic rings. The van der Waals surface area contributed by atoms with Crippen molar-refractivity contribution in [1.29, 1.82) is 0 Å². The summed E-state index contributed by atoms with van der Waals surface area (Å²) in [6.07, 6.45) is 3.05. The van der Waals surface area contributed by atoms with Crippen molar-refractivity contribution in [2.75, 3.05) is 59.9 Å². The number of nitrogens with zero attached hydrogens (tertiary/aromatic N) is 3. The number of nitrogens with one attached hydrogen (secondary N) is 1. The molecule has 1 N–H and O–H groups in total. The van der Waals surface area contributed by atoms with Crippen LogP contribution in [0, 0.1) is 5.92 Å². The molecule has 2 saturated heterocycles. The monoisotopic (exact) mass is 296 g/mol. The first-order chi connectivity index (χ1) is 10.1. The van der Waals surface area contributed by atoms with Crippen molar-refractivity contribution in [3.63, 3.8) is 0 Å². The minimum Gasteiger partial charge on any atom is -0.348 e. The van der Waals surface area contributed by atoms with Crippen LogP contribution in [0.25, 0.3) is 0 Å². The molecule has 0 unspecified atom stereocenters. The van der Waals surface area contributed by atoms with Crippen molar-refractivity contribution in [2.24, 2.45) is 5.92 Å². The third kappa shape index (κ3) is 4.68. The van der Waals surface area contributed by atoms with Crippen LogP contribution >= 0.6 is 0 Å². The van der Waals surface area contributed by atoms with Gasteiger partial charge in [-0.3, -0.25) is 14.5 Å². The number of carbonyl (C=O) groups excluding carboxylic acids is 2. The van der Waals surface area contributed by atoms with Crippen molar-refractivity contribution < 1.29 is 9.59 Å². The average molecular weight is 296 g/mol. The molecule has 0 spiro atoms. The van der Waals surface area contributed by atoms with Gasteiger partial charge in [0.25, 0.3) is 0 Å². The predicted octanol–water partition coefficient (Wildman–Crippen LogP) is -0.391. The quantitative estimate of drug-likeness (QED) is 0.770. The molecule has 1 atom stereocenters. The molecule has 0 radical (unpaired) electrons. The van der Waals surface area contributed by atoms with E-state index in [0.29, 0.717) is 12.5 Å². The Labute approximate surface area is 127 Å². The zero-order valence-electron chi connectivity index (χ0n) is 13.3. The maximum atomic E-state index is 12.5. The molecule has 0 saturated carbocycles. The van der Waals surface area contributed by atoms with Crippen LogP contribution in [0.2, 0.25) is 0 Å². The number of amides is 2. The molecule has 6 heteroatoms. The van der Waals surface area contributed by atoms with E-state index in [0.717, 1.165) is 58.5 Å². The van der Waals surface area contributed by atoms with E-state index < -0.39 is 0 Å². The molecule has 2 amide bonds. The van der Waals surface area contributed by atoms with E-state index >= 15 is 0 Å². The molecule has 2 heterocycles. The van der Waals surface area contributed by atoms with Crippen LogP contribution in [0.3, 0.4) is 0 Å². The first-order valence-electron chi connectivity index (χ1n) is 8.00. The fourth-order valence-corrected chi connectivity index (χ4v) is 3.00. The summed E-state index contributed by atoms with van der Waals surface area (Å²) in [7, 11) is 3.57. The SMILES string of the molecule is CN(C)C(=O)CN1CCCN(C(=O)[C@@H]2CCCNC2)CC1. The van der Waals surface area contributed by atoms with Crippen LogP contribution in [-0.4, -0.2) is 86.4 Å². The van der Waals surface area contributed by atoms with Crippen molar-refractivity contribution in [3.8, 4) is 0 Å². The highest BCUT2D eigenvalue weighted by atomic mass is 16.2. The third-order valence-electron chi connectivity index (χ3n) is 4.40. The van der Waals surface area contributed by atoms with E-state index in [-0.39, 0.29) is 11.8 Å². The maximum absolute atomic E-state index is 12.5. The Hall–Kier alpha value is -1.14. The largest absolute Gasteiger partial charge is 0.348 e. The lowest BCUT2D eigenvalue weighted by molar-refractivity contribution is -0.135. The lowest BCUT2D eigenvalue weighted by Crippen LogP contribution is -2.44. The summed E-state index contributed by atoms with van der Waals surface area (Å²) in [6.45, 7) is 5.57. The number of likely N-dealkylation sites (N-methyl/N-ethyl adjacent to an activating group) is 1. The summed E-state index contributed by atoms with van der Waals surface area (Å²) in [4.78, 5) is 30.1. The molecule has 0 aromatic heterocycles. The topological polar surface area (TPSA) is 55.9 Å². The molecule has 0 aromatic carbocycles. The fourth-order valence-electron chi connectivity index (χ4n) is 3.00. The van der Waals surface area contributed by atoms with E-state index in [9.17, 15) is 9.59 Å². The third-order valence-corrected chi connectivity index (χ3v) is 4.40. The minimum absolute atomic E-state index is 0.131. The molecule has 120 valence electrons. The van der Waals surface area contributed by atoms with Gasteiger partial charge in [0.2, 0.25) is 11.8 Å². The lowest BCUT2D eigenvalue weighted by Gasteiger charge is -2.29.